The molecule has 1 aliphatic carbocycles. The third-order valence-corrected chi connectivity index (χ3v) is 2.44. The fraction of sp³-hybridized carbons (Fsp3) is 1.00. The Kier molecular flexibility index (Phi) is 4.62. The molecule has 0 aromatic carbocycles. The lowest BCUT2D eigenvalue weighted by atomic mass is 9.98. The van der Waals surface area contributed by atoms with E-state index in [0.29, 0.717) is 6.10 Å². The molecule has 1 aliphatic rings. The van der Waals surface area contributed by atoms with Crippen LogP contribution in [0.5, 0.6) is 0 Å². The smallest absolute Gasteiger partial charge is 0.0575 e. The topological polar surface area (TPSA) is 29.5 Å². The second kappa shape index (κ2) is 5.55. The fourth-order valence-corrected chi connectivity index (χ4v) is 1.64. The molecule has 1 saturated carbocycles. The van der Waals surface area contributed by atoms with Gasteiger partial charge in [0.15, 0.2) is 0 Å². The third kappa shape index (κ3) is 4.07. The summed E-state index contributed by atoms with van der Waals surface area (Å²) in [6, 6.07) is 0. The summed E-state index contributed by atoms with van der Waals surface area (Å²) in [7, 11) is 0. The van der Waals surface area contributed by atoms with Crippen molar-refractivity contribution in [3.8, 4) is 0 Å². The first-order valence-corrected chi connectivity index (χ1v) is 5.08. The Morgan fingerprint density at radius 2 is 2.00 bits per heavy atom. The van der Waals surface area contributed by atoms with Gasteiger partial charge in [-0.2, -0.15) is 0 Å². The highest BCUT2D eigenvalue weighted by Crippen LogP contribution is 2.20. The van der Waals surface area contributed by atoms with Crippen LogP contribution in [0.1, 0.15) is 45.4 Å². The molecule has 1 rings (SSSR count). The zero-order valence-electron chi connectivity index (χ0n) is 7.96. The maximum Gasteiger partial charge on any atom is 0.0575 e. The van der Waals surface area contributed by atoms with E-state index in [1.807, 2.05) is 6.92 Å². The van der Waals surface area contributed by atoms with Gasteiger partial charge in [0.1, 0.15) is 0 Å². The minimum atomic E-state index is -0.214. The Hall–Kier alpha value is -0.0800. The molecule has 1 N–H and O–H groups in total. The van der Waals surface area contributed by atoms with Gasteiger partial charge in [-0.05, 0) is 26.2 Å². The summed E-state index contributed by atoms with van der Waals surface area (Å²) in [5.74, 6) is 0. The molecule has 0 radical (unpaired) electrons. The number of hydrogen-bond donors (Lipinski definition) is 1. The lowest BCUT2D eigenvalue weighted by Gasteiger charge is -2.22. The number of aliphatic hydroxyl groups is 1. The monoisotopic (exact) mass is 172 g/mol. The van der Waals surface area contributed by atoms with Gasteiger partial charge >= 0.3 is 0 Å². The van der Waals surface area contributed by atoms with Gasteiger partial charge in [0, 0.05) is 6.61 Å². The standard InChI is InChI=1S/C10H20O2/c1-9(11)7-8-12-10-5-3-2-4-6-10/h9-11H,2-8H2,1H3. The van der Waals surface area contributed by atoms with E-state index in [9.17, 15) is 0 Å². The van der Waals surface area contributed by atoms with Crippen LogP contribution in [0.25, 0.3) is 0 Å². The average molecular weight is 172 g/mol. The third-order valence-electron chi connectivity index (χ3n) is 2.44. The molecule has 0 amide bonds. The Labute approximate surface area is 74.9 Å². The highest BCUT2D eigenvalue weighted by atomic mass is 16.5. The molecule has 2 nitrogen and oxygen atoms in total. The van der Waals surface area contributed by atoms with Crippen LogP contribution in [0.15, 0.2) is 0 Å². The van der Waals surface area contributed by atoms with E-state index in [4.69, 9.17) is 9.84 Å². The molecule has 12 heavy (non-hydrogen) atoms. The van der Waals surface area contributed by atoms with Crippen LogP contribution < -0.4 is 0 Å². The molecule has 0 spiro atoms. The number of aliphatic hydroxyl groups excluding tert-OH is 1. The molecule has 0 aliphatic heterocycles. The van der Waals surface area contributed by atoms with Crippen LogP contribution in [-0.2, 0) is 4.74 Å². The van der Waals surface area contributed by atoms with Gasteiger partial charge in [0.2, 0.25) is 0 Å². The molecule has 0 bridgehead atoms. The highest BCUT2D eigenvalue weighted by molar-refractivity contribution is 4.65. The summed E-state index contributed by atoms with van der Waals surface area (Å²) >= 11 is 0. The molecule has 0 heterocycles. The summed E-state index contributed by atoms with van der Waals surface area (Å²) in [4.78, 5) is 0. The highest BCUT2D eigenvalue weighted by Gasteiger charge is 2.13. The van der Waals surface area contributed by atoms with Crippen LogP contribution in [-0.4, -0.2) is 23.9 Å². The normalized spacial score (nSPS) is 22.5. The van der Waals surface area contributed by atoms with Crippen molar-refractivity contribution in [1.82, 2.24) is 0 Å². The first-order chi connectivity index (χ1) is 5.79. The van der Waals surface area contributed by atoms with Crippen LogP contribution in [0, 0.1) is 0 Å². The predicted octanol–water partition coefficient (Wildman–Crippen LogP) is 2.11. The van der Waals surface area contributed by atoms with E-state index in [0.717, 1.165) is 13.0 Å². The first-order valence-electron chi connectivity index (χ1n) is 5.08. The van der Waals surface area contributed by atoms with Gasteiger partial charge in [-0.15, -0.1) is 0 Å². The van der Waals surface area contributed by atoms with Crippen LogP contribution in [0.2, 0.25) is 0 Å². The molecule has 2 heteroatoms. The molecule has 1 fully saturated rings. The van der Waals surface area contributed by atoms with E-state index in [2.05, 4.69) is 0 Å². The Morgan fingerprint density at radius 3 is 2.58 bits per heavy atom. The van der Waals surface area contributed by atoms with Crippen LogP contribution in [0.4, 0.5) is 0 Å². The molecule has 0 saturated heterocycles. The molecule has 0 aromatic heterocycles. The summed E-state index contributed by atoms with van der Waals surface area (Å²) in [5, 5.41) is 9.00. The number of ether oxygens (including phenoxy) is 1. The second-order valence-electron chi connectivity index (χ2n) is 3.77. The van der Waals surface area contributed by atoms with Crippen molar-refractivity contribution in [2.75, 3.05) is 6.61 Å². The lowest BCUT2D eigenvalue weighted by molar-refractivity contribution is 0.0119. The maximum absolute atomic E-state index is 9.00. The molecular formula is C10H20O2. The predicted molar refractivity (Wildman–Crippen MR) is 49.1 cm³/mol. The molecule has 72 valence electrons. The van der Waals surface area contributed by atoms with Crippen LogP contribution >= 0.6 is 0 Å². The van der Waals surface area contributed by atoms with Crippen LogP contribution in [0.3, 0.4) is 0 Å². The zero-order chi connectivity index (χ0) is 8.81. The fourth-order valence-electron chi connectivity index (χ4n) is 1.64. The largest absolute Gasteiger partial charge is 0.393 e. The quantitative estimate of drug-likeness (QED) is 0.703. The molecule has 1 unspecified atom stereocenters. The van der Waals surface area contributed by atoms with Gasteiger partial charge in [-0.25, -0.2) is 0 Å². The van der Waals surface area contributed by atoms with Gasteiger partial charge in [0.25, 0.3) is 0 Å². The average Bonchev–Trinajstić information content (AvgIpc) is 2.05. The van der Waals surface area contributed by atoms with Crippen molar-refractivity contribution in [2.45, 2.75) is 57.7 Å². The van der Waals surface area contributed by atoms with Gasteiger partial charge in [-0.1, -0.05) is 19.3 Å². The van der Waals surface area contributed by atoms with Crippen molar-refractivity contribution < 1.29 is 9.84 Å². The second-order valence-corrected chi connectivity index (χ2v) is 3.77. The van der Waals surface area contributed by atoms with E-state index < -0.39 is 0 Å². The minimum absolute atomic E-state index is 0.214. The summed E-state index contributed by atoms with van der Waals surface area (Å²) in [6.07, 6.45) is 7.50. The van der Waals surface area contributed by atoms with Crippen molar-refractivity contribution in [3.63, 3.8) is 0 Å². The SMILES string of the molecule is CC(O)CCOC1CCCCC1. The lowest BCUT2D eigenvalue weighted by Crippen LogP contribution is -2.18. The molecule has 0 aromatic rings. The van der Waals surface area contributed by atoms with E-state index >= 15 is 0 Å². The Morgan fingerprint density at radius 1 is 1.33 bits per heavy atom. The van der Waals surface area contributed by atoms with Crippen molar-refractivity contribution in [1.29, 1.82) is 0 Å². The van der Waals surface area contributed by atoms with Gasteiger partial charge < -0.3 is 9.84 Å². The summed E-state index contributed by atoms with van der Waals surface area (Å²) in [6.45, 7) is 2.53. The Bertz CT molecular complexity index is 106. The van der Waals surface area contributed by atoms with E-state index in [1.54, 1.807) is 0 Å². The van der Waals surface area contributed by atoms with Crippen molar-refractivity contribution in [3.05, 3.63) is 0 Å². The Balaban J connectivity index is 1.98. The van der Waals surface area contributed by atoms with E-state index in [1.165, 1.54) is 32.1 Å². The minimum Gasteiger partial charge on any atom is -0.393 e. The zero-order valence-corrected chi connectivity index (χ0v) is 7.96. The van der Waals surface area contributed by atoms with E-state index in [-0.39, 0.29) is 6.10 Å². The summed E-state index contributed by atoms with van der Waals surface area (Å²) in [5.41, 5.74) is 0. The number of hydrogen-bond acceptors (Lipinski definition) is 2. The maximum atomic E-state index is 9.00. The first kappa shape index (κ1) is 10.0. The van der Waals surface area contributed by atoms with Gasteiger partial charge in [-0.3, -0.25) is 0 Å². The molecular weight excluding hydrogens is 152 g/mol. The van der Waals surface area contributed by atoms with Gasteiger partial charge in [0.05, 0.1) is 12.2 Å². The molecule has 1 atom stereocenters. The van der Waals surface area contributed by atoms with Crippen molar-refractivity contribution >= 4 is 0 Å². The van der Waals surface area contributed by atoms with Crippen molar-refractivity contribution in [2.24, 2.45) is 0 Å². The summed E-state index contributed by atoms with van der Waals surface area (Å²) < 4.78 is 5.63. The number of rotatable bonds is 4.